The summed E-state index contributed by atoms with van der Waals surface area (Å²) in [5.41, 5.74) is 6.39. The predicted octanol–water partition coefficient (Wildman–Crippen LogP) is 0.778. The Hall–Kier alpha value is -3.01. The van der Waals surface area contributed by atoms with Crippen molar-refractivity contribution in [2.24, 2.45) is 12.2 Å². The van der Waals surface area contributed by atoms with Crippen LogP contribution in [0.2, 0.25) is 0 Å². The fourth-order valence-corrected chi connectivity index (χ4v) is 7.08. The van der Waals surface area contributed by atoms with E-state index >= 15 is 0 Å². The Labute approximate surface area is 216 Å². The summed E-state index contributed by atoms with van der Waals surface area (Å²) in [6.07, 6.45) is 3.96. The average Bonchev–Trinajstić information content (AvgIpc) is 3.45. The first-order chi connectivity index (χ1) is 16.8. The zero-order chi connectivity index (χ0) is 24.9. The molecule has 3 aromatic heterocycles. The van der Waals surface area contributed by atoms with Gasteiger partial charge >= 0.3 is 0 Å². The number of pyridine rings is 1. The highest BCUT2D eigenvalue weighted by Gasteiger charge is 2.54. The zero-order valence-electron chi connectivity index (χ0n) is 18.3. The monoisotopic (exact) mass is 548 g/mol. The smallest absolute Gasteiger partial charge is 0.278 e. The summed E-state index contributed by atoms with van der Waals surface area (Å²) < 4.78 is 7.01. The van der Waals surface area contributed by atoms with Crippen LogP contribution in [-0.4, -0.2) is 61.2 Å². The van der Waals surface area contributed by atoms with Gasteiger partial charge in [-0.15, -0.1) is 23.1 Å². The summed E-state index contributed by atoms with van der Waals surface area (Å²) >= 11 is 7.98. The Balaban J connectivity index is 1.42. The van der Waals surface area contributed by atoms with Gasteiger partial charge in [0.2, 0.25) is 16.7 Å². The van der Waals surface area contributed by atoms with Crippen LogP contribution in [0.4, 0.5) is 5.13 Å². The van der Waals surface area contributed by atoms with E-state index in [1.165, 1.54) is 23.8 Å². The van der Waals surface area contributed by atoms with E-state index in [1.807, 2.05) is 36.1 Å². The maximum Gasteiger partial charge on any atom is 0.278 e. The van der Waals surface area contributed by atoms with Gasteiger partial charge in [0, 0.05) is 38.5 Å². The van der Waals surface area contributed by atoms with Gasteiger partial charge in [-0.3, -0.25) is 19.3 Å². The molecule has 180 valence electrons. The summed E-state index contributed by atoms with van der Waals surface area (Å²) in [6.45, 7) is 0. The number of β-lactam (4-membered cyclic amide) rings is 1. The average molecular weight is 549 g/mol. The number of hydrogen-bond acceptors (Lipinski definition) is 11. The van der Waals surface area contributed by atoms with Crippen LogP contribution in [0.15, 0.2) is 35.4 Å². The van der Waals surface area contributed by atoms with Gasteiger partial charge in [0.05, 0.1) is 5.39 Å². The van der Waals surface area contributed by atoms with Gasteiger partial charge in [-0.25, -0.2) is 4.57 Å². The minimum absolute atomic E-state index is 0.00153. The molecule has 0 unspecified atom stereocenters. The maximum atomic E-state index is 13.1. The van der Waals surface area contributed by atoms with Crippen molar-refractivity contribution in [3.05, 3.63) is 40.9 Å². The third-order valence-corrected chi connectivity index (χ3v) is 8.61. The van der Waals surface area contributed by atoms with Crippen LogP contribution in [0.25, 0.3) is 15.7 Å². The summed E-state index contributed by atoms with van der Waals surface area (Å²) in [5, 5.41) is 6.59. The quantitative estimate of drug-likeness (QED) is 0.135. The summed E-state index contributed by atoms with van der Waals surface area (Å²) in [4.78, 5) is 49.6. The number of thiol groups is 1. The van der Waals surface area contributed by atoms with Crippen molar-refractivity contribution in [2.75, 3.05) is 18.6 Å². The summed E-state index contributed by atoms with van der Waals surface area (Å²) in [7, 11) is 3.22. The predicted molar refractivity (Wildman–Crippen MR) is 137 cm³/mol. The van der Waals surface area contributed by atoms with Crippen molar-refractivity contribution in [1.29, 1.82) is 0 Å². The highest BCUT2D eigenvalue weighted by molar-refractivity contribution is 8.00. The van der Waals surface area contributed by atoms with Crippen molar-refractivity contribution in [3.63, 3.8) is 0 Å². The van der Waals surface area contributed by atoms with Gasteiger partial charge in [-0.1, -0.05) is 17.8 Å². The Kier molecular flexibility index (Phi) is 6.25. The topological polar surface area (TPSA) is 144 Å². The first-order valence-electron chi connectivity index (χ1n) is 10.1. The van der Waals surface area contributed by atoms with Crippen LogP contribution in [0.5, 0.6) is 0 Å². The number of thioether (sulfide) groups is 1. The number of aromatic nitrogens is 3. The van der Waals surface area contributed by atoms with E-state index in [0.717, 1.165) is 32.1 Å². The first kappa shape index (κ1) is 23.7. The molecule has 1 fully saturated rings. The van der Waals surface area contributed by atoms with E-state index < -0.39 is 28.3 Å². The lowest BCUT2D eigenvalue weighted by Crippen LogP contribution is -2.70. The highest BCUT2D eigenvalue weighted by atomic mass is 32.2. The number of anilines is 1. The first-order valence-corrected chi connectivity index (χ1v) is 13.2. The standard InChI is InChI=1S/C20H17N7O4S4/c1-26-4-3-10-8(6-26)5-11(34-10)9-7-33-18-13(17(29)27(18)14(9)19(30)32)22-16(28)12(24-31-2)15-23-20(21)35-25-15/h3-6,13,18H,7H2,1-2H3,(H3-,21,22,23,25,28,30,32)/p+1/b24-12-/t13-,18-/m1/s1. The van der Waals surface area contributed by atoms with Gasteiger partial charge in [0.15, 0.2) is 17.5 Å². The molecular formula is C20H18N7O4S4+. The SMILES string of the molecule is CO/N=C(\C(=O)N[C@@H]1C(=O)N2C(C(=O)S)=C(c3cc4c[n+](C)ccc4s3)CS[C@H]12)c1nsc(N)n1. The number of fused-ring (bicyclic) bond motifs is 2. The fraction of sp³-hybridized carbons (Fsp3) is 0.250. The number of nitrogens with zero attached hydrogens (tertiary/aromatic N) is 5. The third kappa shape index (κ3) is 4.17. The molecule has 5 rings (SSSR count). The van der Waals surface area contributed by atoms with Crippen LogP contribution in [0.3, 0.4) is 0 Å². The molecule has 2 aliphatic heterocycles. The van der Waals surface area contributed by atoms with E-state index in [-0.39, 0.29) is 22.4 Å². The largest absolute Gasteiger partial charge is 0.398 e. The number of nitrogens with one attached hydrogen (secondary N) is 1. The Bertz CT molecular complexity index is 1450. The molecule has 15 heteroatoms. The number of oxime groups is 1. The maximum absolute atomic E-state index is 13.1. The molecule has 35 heavy (non-hydrogen) atoms. The summed E-state index contributed by atoms with van der Waals surface area (Å²) in [6, 6.07) is 3.16. The lowest BCUT2D eigenvalue weighted by atomic mass is 10.0. The van der Waals surface area contributed by atoms with Crippen molar-refractivity contribution in [2.45, 2.75) is 11.4 Å². The molecule has 11 nitrogen and oxygen atoms in total. The molecule has 2 amide bonds. The summed E-state index contributed by atoms with van der Waals surface area (Å²) in [5.74, 6) is -0.627. The normalized spacial score (nSPS) is 20.0. The number of nitrogen functional groups attached to an aromatic ring is 1. The molecule has 5 heterocycles. The van der Waals surface area contributed by atoms with Gasteiger partial charge in [-0.2, -0.15) is 9.36 Å². The Morgan fingerprint density at radius 2 is 2.23 bits per heavy atom. The third-order valence-electron chi connectivity index (χ3n) is 5.40. The van der Waals surface area contributed by atoms with Crippen LogP contribution >= 0.6 is 47.3 Å². The van der Waals surface area contributed by atoms with E-state index in [1.54, 1.807) is 11.3 Å². The zero-order valence-corrected chi connectivity index (χ0v) is 21.6. The van der Waals surface area contributed by atoms with Crippen molar-refractivity contribution < 1.29 is 23.8 Å². The number of rotatable bonds is 6. The Morgan fingerprint density at radius 3 is 2.91 bits per heavy atom. The molecule has 0 spiro atoms. The molecule has 0 radical (unpaired) electrons. The van der Waals surface area contributed by atoms with Crippen molar-refractivity contribution >= 4 is 90.7 Å². The number of hydrogen-bond donors (Lipinski definition) is 3. The molecule has 1 saturated heterocycles. The van der Waals surface area contributed by atoms with Crippen molar-refractivity contribution in [1.82, 2.24) is 19.6 Å². The number of aryl methyl sites for hydroxylation is 1. The number of amides is 2. The van der Waals surface area contributed by atoms with Crippen LogP contribution < -0.4 is 15.6 Å². The van der Waals surface area contributed by atoms with Crippen LogP contribution in [0.1, 0.15) is 10.7 Å². The second kappa shape index (κ2) is 9.22. The number of carbonyl (C=O) groups excluding carboxylic acids is 3. The van der Waals surface area contributed by atoms with Gasteiger partial charge in [0.25, 0.3) is 11.8 Å². The molecular weight excluding hydrogens is 531 g/mol. The Morgan fingerprint density at radius 1 is 1.43 bits per heavy atom. The van der Waals surface area contributed by atoms with Gasteiger partial charge in [-0.05, 0) is 6.07 Å². The van der Waals surface area contributed by atoms with E-state index in [2.05, 4.69) is 32.5 Å². The number of nitrogens with two attached hydrogens (primary N) is 1. The van der Waals surface area contributed by atoms with Gasteiger partial charge < -0.3 is 15.9 Å². The minimum atomic E-state index is -0.865. The molecule has 2 atom stereocenters. The number of thiophene rings is 1. The fourth-order valence-electron chi connectivity index (χ4n) is 3.87. The van der Waals surface area contributed by atoms with E-state index in [4.69, 9.17) is 10.6 Å². The molecule has 3 N–H and O–H groups in total. The molecule has 3 aromatic rings. The van der Waals surface area contributed by atoms with E-state index in [0.29, 0.717) is 5.75 Å². The molecule has 2 aliphatic rings. The highest BCUT2D eigenvalue weighted by Crippen LogP contribution is 2.45. The number of carbonyl (C=O) groups is 3. The van der Waals surface area contributed by atoms with Crippen molar-refractivity contribution in [3.8, 4) is 0 Å². The van der Waals surface area contributed by atoms with E-state index in [9.17, 15) is 14.4 Å². The minimum Gasteiger partial charge on any atom is -0.398 e. The molecule has 0 saturated carbocycles. The molecule has 0 bridgehead atoms. The molecule has 0 aliphatic carbocycles. The lowest BCUT2D eigenvalue weighted by molar-refractivity contribution is -0.670. The van der Waals surface area contributed by atoms with Crippen LogP contribution in [0, 0.1) is 0 Å². The molecule has 0 aromatic carbocycles. The van der Waals surface area contributed by atoms with Gasteiger partial charge in [0.1, 0.15) is 31.3 Å². The second-order valence-corrected chi connectivity index (χ2v) is 11.0. The lowest BCUT2D eigenvalue weighted by Gasteiger charge is -2.49. The van der Waals surface area contributed by atoms with Crippen LogP contribution in [-0.2, 0) is 26.3 Å². The second-order valence-electron chi connectivity index (χ2n) is 7.61.